The molecule has 3 aromatic rings. The Labute approximate surface area is 173 Å². The van der Waals surface area contributed by atoms with Gasteiger partial charge in [-0.3, -0.25) is 4.79 Å². The fourth-order valence-electron chi connectivity index (χ4n) is 2.87. The van der Waals surface area contributed by atoms with Crippen LogP contribution in [0, 0.1) is 13.8 Å². The van der Waals surface area contributed by atoms with E-state index in [0.717, 1.165) is 11.4 Å². The summed E-state index contributed by atoms with van der Waals surface area (Å²) in [6.07, 6.45) is -1.01. The molecule has 3 rings (SSSR count). The summed E-state index contributed by atoms with van der Waals surface area (Å²) in [5.41, 5.74) is 2.32. The first-order valence-corrected chi connectivity index (χ1v) is 9.39. The standard InChI is InChI=1S/C21H21ClN4O3/c1-13-12-14(2)26(24-13)18-11-10-17(22)19(23-18)21(28)29-15(3)20(27)25(4)16-8-6-5-7-9-16/h5-12,15H,1-4H3. The Bertz CT molecular complexity index is 1050. The number of nitrogens with zero attached hydrogens (tertiary/aromatic N) is 4. The number of hydrogen-bond acceptors (Lipinski definition) is 5. The minimum atomic E-state index is -1.01. The Kier molecular flexibility index (Phi) is 5.98. The molecule has 8 heteroatoms. The molecule has 0 saturated carbocycles. The predicted molar refractivity (Wildman–Crippen MR) is 111 cm³/mol. The number of carbonyl (C=O) groups excluding carboxylic acids is 2. The summed E-state index contributed by atoms with van der Waals surface area (Å²) in [6, 6.07) is 14.2. The highest BCUT2D eigenvalue weighted by molar-refractivity contribution is 6.33. The second-order valence-corrected chi connectivity index (χ2v) is 7.03. The van der Waals surface area contributed by atoms with Crippen molar-refractivity contribution in [2.75, 3.05) is 11.9 Å². The number of ether oxygens (including phenoxy) is 1. The lowest BCUT2D eigenvalue weighted by atomic mass is 10.2. The number of halogens is 1. The van der Waals surface area contributed by atoms with Gasteiger partial charge >= 0.3 is 5.97 Å². The van der Waals surface area contributed by atoms with Crippen molar-refractivity contribution in [3.63, 3.8) is 0 Å². The molecular weight excluding hydrogens is 392 g/mol. The number of para-hydroxylation sites is 1. The van der Waals surface area contributed by atoms with Crippen LogP contribution in [-0.4, -0.2) is 39.8 Å². The van der Waals surface area contributed by atoms with Crippen molar-refractivity contribution in [1.29, 1.82) is 0 Å². The van der Waals surface area contributed by atoms with Crippen LogP contribution in [0.25, 0.3) is 5.82 Å². The highest BCUT2D eigenvalue weighted by Crippen LogP contribution is 2.20. The van der Waals surface area contributed by atoms with Gasteiger partial charge in [-0.15, -0.1) is 0 Å². The lowest BCUT2D eigenvalue weighted by molar-refractivity contribution is -0.126. The van der Waals surface area contributed by atoms with Gasteiger partial charge in [-0.25, -0.2) is 14.5 Å². The maximum atomic E-state index is 12.6. The van der Waals surface area contributed by atoms with E-state index >= 15 is 0 Å². The first kappa shape index (κ1) is 20.5. The maximum absolute atomic E-state index is 12.6. The topological polar surface area (TPSA) is 77.3 Å². The Balaban J connectivity index is 1.79. The largest absolute Gasteiger partial charge is 0.448 e. The number of benzene rings is 1. The lowest BCUT2D eigenvalue weighted by Crippen LogP contribution is -2.37. The summed E-state index contributed by atoms with van der Waals surface area (Å²) in [4.78, 5) is 31.0. The highest BCUT2D eigenvalue weighted by atomic mass is 35.5. The molecule has 2 heterocycles. The van der Waals surface area contributed by atoms with Gasteiger partial charge in [0.05, 0.1) is 10.7 Å². The molecule has 0 radical (unpaired) electrons. The van der Waals surface area contributed by atoms with E-state index in [1.807, 2.05) is 38.1 Å². The Morgan fingerprint density at radius 3 is 2.45 bits per heavy atom. The van der Waals surface area contributed by atoms with Crippen molar-refractivity contribution in [2.24, 2.45) is 0 Å². The molecule has 0 aliphatic rings. The Hall–Kier alpha value is -3.19. The smallest absolute Gasteiger partial charge is 0.359 e. The van der Waals surface area contributed by atoms with Gasteiger partial charge in [0.15, 0.2) is 17.6 Å². The van der Waals surface area contributed by atoms with Crippen LogP contribution in [0.15, 0.2) is 48.5 Å². The van der Waals surface area contributed by atoms with Gasteiger partial charge in [-0.1, -0.05) is 29.8 Å². The second kappa shape index (κ2) is 8.45. The van der Waals surface area contributed by atoms with E-state index in [4.69, 9.17) is 16.3 Å². The molecule has 0 N–H and O–H groups in total. The predicted octanol–water partition coefficient (Wildman–Crippen LogP) is 3.75. The molecule has 1 atom stereocenters. The minimum Gasteiger partial charge on any atom is -0.448 e. The molecule has 0 spiro atoms. The lowest BCUT2D eigenvalue weighted by Gasteiger charge is -2.21. The summed E-state index contributed by atoms with van der Waals surface area (Å²) in [7, 11) is 1.62. The van der Waals surface area contributed by atoms with E-state index in [0.29, 0.717) is 11.5 Å². The zero-order valence-electron chi connectivity index (χ0n) is 16.6. The quantitative estimate of drug-likeness (QED) is 0.596. The third-order valence-electron chi connectivity index (χ3n) is 4.36. The fourth-order valence-corrected chi connectivity index (χ4v) is 3.05. The first-order chi connectivity index (χ1) is 13.8. The second-order valence-electron chi connectivity index (χ2n) is 6.62. The van der Waals surface area contributed by atoms with Gasteiger partial charge in [0.25, 0.3) is 5.91 Å². The SMILES string of the molecule is Cc1cc(C)n(-c2ccc(Cl)c(C(=O)OC(C)C(=O)N(C)c3ccccc3)n2)n1. The summed E-state index contributed by atoms with van der Waals surface area (Å²) in [6.45, 7) is 5.26. The molecular formula is C21H21ClN4O3. The summed E-state index contributed by atoms with van der Waals surface area (Å²) in [5, 5.41) is 4.49. The molecule has 0 aliphatic carbocycles. The van der Waals surface area contributed by atoms with Crippen LogP contribution < -0.4 is 4.90 Å². The maximum Gasteiger partial charge on any atom is 0.359 e. The minimum absolute atomic E-state index is 0.0706. The van der Waals surface area contributed by atoms with Crippen molar-refractivity contribution < 1.29 is 14.3 Å². The monoisotopic (exact) mass is 412 g/mol. The Morgan fingerprint density at radius 2 is 1.83 bits per heavy atom. The summed E-state index contributed by atoms with van der Waals surface area (Å²) >= 11 is 6.16. The van der Waals surface area contributed by atoms with Crippen LogP contribution in [0.1, 0.15) is 28.8 Å². The van der Waals surface area contributed by atoms with Crippen LogP contribution in [-0.2, 0) is 9.53 Å². The molecule has 7 nitrogen and oxygen atoms in total. The fraction of sp³-hybridized carbons (Fsp3) is 0.238. The van der Waals surface area contributed by atoms with Gasteiger partial charge in [0, 0.05) is 18.4 Å². The summed E-state index contributed by atoms with van der Waals surface area (Å²) in [5.74, 6) is -0.705. The molecule has 0 aliphatic heterocycles. The number of rotatable bonds is 5. The van der Waals surface area contributed by atoms with Gasteiger partial charge in [-0.2, -0.15) is 5.10 Å². The van der Waals surface area contributed by atoms with Crippen LogP contribution in [0.5, 0.6) is 0 Å². The number of pyridine rings is 1. The third-order valence-corrected chi connectivity index (χ3v) is 4.66. The first-order valence-electron chi connectivity index (χ1n) is 9.01. The average Bonchev–Trinajstić information content (AvgIpc) is 3.05. The van der Waals surface area contributed by atoms with E-state index < -0.39 is 12.1 Å². The molecule has 0 saturated heterocycles. The van der Waals surface area contributed by atoms with Crippen molar-refractivity contribution in [2.45, 2.75) is 26.9 Å². The molecule has 2 aromatic heterocycles. The van der Waals surface area contributed by atoms with Gasteiger partial charge in [0.1, 0.15) is 0 Å². The number of anilines is 1. The van der Waals surface area contributed by atoms with E-state index in [-0.39, 0.29) is 16.6 Å². The number of aryl methyl sites for hydroxylation is 2. The van der Waals surface area contributed by atoms with E-state index in [2.05, 4.69) is 10.1 Å². The number of aromatic nitrogens is 3. The molecule has 0 fully saturated rings. The van der Waals surface area contributed by atoms with E-state index in [9.17, 15) is 9.59 Å². The number of esters is 1. The van der Waals surface area contributed by atoms with Crippen LogP contribution in [0.4, 0.5) is 5.69 Å². The zero-order valence-corrected chi connectivity index (χ0v) is 17.3. The van der Waals surface area contributed by atoms with Crippen molar-refractivity contribution in [3.8, 4) is 5.82 Å². The molecule has 0 bridgehead atoms. The normalized spacial score (nSPS) is 11.8. The zero-order chi connectivity index (χ0) is 21.1. The van der Waals surface area contributed by atoms with Gasteiger partial charge in [-0.05, 0) is 51.1 Å². The van der Waals surface area contributed by atoms with E-state index in [1.54, 1.807) is 36.0 Å². The Morgan fingerprint density at radius 1 is 1.14 bits per heavy atom. The van der Waals surface area contributed by atoms with E-state index in [1.165, 1.54) is 11.8 Å². The van der Waals surface area contributed by atoms with Crippen molar-refractivity contribution >= 4 is 29.2 Å². The molecule has 1 aromatic carbocycles. The number of carbonyl (C=O) groups is 2. The molecule has 150 valence electrons. The number of amides is 1. The van der Waals surface area contributed by atoms with Crippen molar-refractivity contribution in [1.82, 2.24) is 14.8 Å². The highest BCUT2D eigenvalue weighted by Gasteiger charge is 2.25. The van der Waals surface area contributed by atoms with Gasteiger partial charge in [0.2, 0.25) is 0 Å². The van der Waals surface area contributed by atoms with Crippen LogP contribution in [0.3, 0.4) is 0 Å². The molecule has 1 unspecified atom stereocenters. The summed E-state index contributed by atoms with van der Waals surface area (Å²) < 4.78 is 6.95. The number of likely N-dealkylation sites (N-methyl/N-ethyl adjacent to an activating group) is 1. The van der Waals surface area contributed by atoms with Gasteiger partial charge < -0.3 is 9.64 Å². The molecule has 1 amide bonds. The third kappa shape index (κ3) is 4.46. The van der Waals surface area contributed by atoms with Crippen LogP contribution >= 0.6 is 11.6 Å². The molecule has 29 heavy (non-hydrogen) atoms. The van der Waals surface area contributed by atoms with Crippen molar-refractivity contribution in [3.05, 3.63) is 70.6 Å². The number of hydrogen-bond donors (Lipinski definition) is 0. The van der Waals surface area contributed by atoms with Crippen LogP contribution in [0.2, 0.25) is 5.02 Å². The average molecular weight is 413 g/mol.